The number of nitrogens with zero attached hydrogens (tertiary/aromatic N) is 2. The first-order valence-electron chi connectivity index (χ1n) is 8.79. The second-order valence-electron chi connectivity index (χ2n) is 7.05. The number of aromatic amines is 1. The van der Waals surface area contributed by atoms with Gasteiger partial charge in [0.15, 0.2) is 0 Å². The number of likely N-dealkylation sites (tertiary alicyclic amines) is 1. The Balaban J connectivity index is 1.43. The maximum atomic E-state index is 12.6. The van der Waals surface area contributed by atoms with E-state index in [1.807, 2.05) is 24.5 Å². The van der Waals surface area contributed by atoms with Gasteiger partial charge < -0.3 is 10.3 Å². The Morgan fingerprint density at radius 3 is 3.00 bits per heavy atom. The van der Waals surface area contributed by atoms with E-state index in [1.165, 1.54) is 18.4 Å². The summed E-state index contributed by atoms with van der Waals surface area (Å²) in [4.78, 5) is 22.4. The van der Waals surface area contributed by atoms with Crippen molar-refractivity contribution in [2.45, 2.75) is 31.2 Å². The van der Waals surface area contributed by atoms with Crippen LogP contribution in [0.4, 0.5) is 0 Å². The van der Waals surface area contributed by atoms with Crippen LogP contribution in [-0.2, 0) is 0 Å². The molecular weight excluding hydrogens is 300 g/mol. The first-order chi connectivity index (χ1) is 11.7. The number of pyridine rings is 1. The molecule has 1 amide bonds. The number of carbonyl (C=O) groups is 1. The fraction of sp³-hybridized carbons (Fsp3) is 0.474. The molecule has 2 aromatic heterocycles. The Hall–Kier alpha value is -2.14. The van der Waals surface area contributed by atoms with Crippen LogP contribution in [0.15, 0.2) is 36.8 Å². The Bertz CT molecular complexity index is 707. The summed E-state index contributed by atoms with van der Waals surface area (Å²) in [5.74, 6) is 1.03. The van der Waals surface area contributed by atoms with Gasteiger partial charge in [0, 0.05) is 36.9 Å². The number of rotatable bonds is 5. The summed E-state index contributed by atoms with van der Waals surface area (Å²) in [5.41, 5.74) is 3.17. The Kier molecular flexibility index (Phi) is 4.10. The zero-order chi connectivity index (χ0) is 16.5. The van der Waals surface area contributed by atoms with E-state index in [0.29, 0.717) is 24.4 Å². The summed E-state index contributed by atoms with van der Waals surface area (Å²) in [6, 6.07) is 6.35. The molecule has 1 aliphatic heterocycles. The monoisotopic (exact) mass is 324 g/mol. The van der Waals surface area contributed by atoms with Crippen molar-refractivity contribution < 1.29 is 4.79 Å². The van der Waals surface area contributed by atoms with E-state index in [-0.39, 0.29) is 5.91 Å². The fourth-order valence-corrected chi connectivity index (χ4v) is 3.93. The quantitative estimate of drug-likeness (QED) is 0.889. The average molecular weight is 324 g/mol. The molecule has 126 valence electrons. The van der Waals surface area contributed by atoms with E-state index in [4.69, 9.17) is 0 Å². The highest BCUT2D eigenvalue weighted by Crippen LogP contribution is 2.41. The van der Waals surface area contributed by atoms with Gasteiger partial charge in [-0.2, -0.15) is 0 Å². The van der Waals surface area contributed by atoms with E-state index in [9.17, 15) is 4.79 Å². The van der Waals surface area contributed by atoms with Gasteiger partial charge in [0.25, 0.3) is 5.91 Å². The SMILES string of the molecule is CN1CC[C@@H](CNC(=O)c2cc[nH]c2C2CC2)[C@@H]1c1cccnc1. The molecule has 2 aliphatic rings. The van der Waals surface area contributed by atoms with Crippen LogP contribution >= 0.6 is 0 Å². The predicted molar refractivity (Wildman–Crippen MR) is 92.8 cm³/mol. The molecule has 2 N–H and O–H groups in total. The van der Waals surface area contributed by atoms with Crippen LogP contribution in [0.2, 0.25) is 0 Å². The fourth-order valence-electron chi connectivity index (χ4n) is 3.93. The first-order valence-corrected chi connectivity index (χ1v) is 8.79. The minimum atomic E-state index is 0.0534. The predicted octanol–water partition coefficient (Wildman–Crippen LogP) is 2.71. The van der Waals surface area contributed by atoms with Crippen molar-refractivity contribution in [1.29, 1.82) is 0 Å². The van der Waals surface area contributed by atoms with E-state index >= 15 is 0 Å². The van der Waals surface area contributed by atoms with Crippen LogP contribution in [0.5, 0.6) is 0 Å². The average Bonchev–Trinajstić information content (AvgIpc) is 3.21. The van der Waals surface area contributed by atoms with E-state index in [2.05, 4.69) is 33.3 Å². The molecule has 5 heteroatoms. The van der Waals surface area contributed by atoms with Gasteiger partial charge in [0.2, 0.25) is 0 Å². The van der Waals surface area contributed by atoms with Gasteiger partial charge >= 0.3 is 0 Å². The Morgan fingerprint density at radius 1 is 1.38 bits per heavy atom. The topological polar surface area (TPSA) is 61.0 Å². The van der Waals surface area contributed by atoms with Crippen molar-refractivity contribution in [3.63, 3.8) is 0 Å². The van der Waals surface area contributed by atoms with E-state index in [1.54, 1.807) is 6.20 Å². The maximum Gasteiger partial charge on any atom is 0.253 e. The molecule has 0 aromatic carbocycles. The summed E-state index contributed by atoms with van der Waals surface area (Å²) in [6.45, 7) is 1.76. The molecule has 1 aliphatic carbocycles. The van der Waals surface area contributed by atoms with Crippen molar-refractivity contribution in [2.75, 3.05) is 20.1 Å². The molecule has 1 saturated carbocycles. The largest absolute Gasteiger partial charge is 0.364 e. The number of aromatic nitrogens is 2. The Morgan fingerprint density at radius 2 is 2.25 bits per heavy atom. The van der Waals surface area contributed by atoms with E-state index < -0.39 is 0 Å². The maximum absolute atomic E-state index is 12.6. The van der Waals surface area contributed by atoms with Crippen LogP contribution in [0.25, 0.3) is 0 Å². The highest BCUT2D eigenvalue weighted by molar-refractivity contribution is 5.95. The summed E-state index contributed by atoms with van der Waals surface area (Å²) < 4.78 is 0. The number of hydrogen-bond donors (Lipinski definition) is 2. The van der Waals surface area contributed by atoms with Crippen LogP contribution in [-0.4, -0.2) is 40.9 Å². The molecule has 2 atom stereocenters. The van der Waals surface area contributed by atoms with Gasteiger partial charge in [-0.1, -0.05) is 6.07 Å². The van der Waals surface area contributed by atoms with Gasteiger partial charge in [-0.05, 0) is 62.4 Å². The minimum absolute atomic E-state index is 0.0534. The lowest BCUT2D eigenvalue weighted by Crippen LogP contribution is -2.32. The van der Waals surface area contributed by atoms with Gasteiger partial charge in [0.05, 0.1) is 5.56 Å². The number of hydrogen-bond acceptors (Lipinski definition) is 3. The number of nitrogens with one attached hydrogen (secondary N) is 2. The highest BCUT2D eigenvalue weighted by atomic mass is 16.1. The van der Waals surface area contributed by atoms with Crippen molar-refractivity contribution in [3.05, 3.63) is 53.6 Å². The molecule has 0 unspecified atom stereocenters. The third-order valence-electron chi connectivity index (χ3n) is 5.33. The van der Waals surface area contributed by atoms with Crippen LogP contribution in [0, 0.1) is 5.92 Å². The first kappa shape index (κ1) is 15.4. The molecule has 3 heterocycles. The highest BCUT2D eigenvalue weighted by Gasteiger charge is 2.34. The lowest BCUT2D eigenvalue weighted by atomic mass is 9.94. The molecule has 0 spiro atoms. The van der Waals surface area contributed by atoms with Crippen molar-refractivity contribution in [2.24, 2.45) is 5.92 Å². The van der Waals surface area contributed by atoms with Crippen molar-refractivity contribution in [3.8, 4) is 0 Å². The summed E-state index contributed by atoms with van der Waals surface area (Å²) in [7, 11) is 2.15. The van der Waals surface area contributed by atoms with Gasteiger partial charge in [-0.15, -0.1) is 0 Å². The molecule has 1 saturated heterocycles. The second-order valence-corrected chi connectivity index (χ2v) is 7.05. The molecule has 24 heavy (non-hydrogen) atoms. The minimum Gasteiger partial charge on any atom is -0.364 e. The van der Waals surface area contributed by atoms with Crippen molar-refractivity contribution >= 4 is 5.91 Å². The normalized spacial score (nSPS) is 24.2. The number of H-pyrrole nitrogens is 1. The standard InChI is InChI=1S/C19H24N4O/c1-23-10-7-15(18(23)14-3-2-8-20-11-14)12-22-19(24)16-6-9-21-17(16)13-4-5-13/h2-3,6,8-9,11,13,15,18,21H,4-5,7,10,12H2,1H3,(H,22,24)/t15-,18-/m0/s1. The molecular formula is C19H24N4O. The lowest BCUT2D eigenvalue weighted by molar-refractivity contribution is 0.0942. The molecule has 4 rings (SSSR count). The third kappa shape index (κ3) is 2.96. The van der Waals surface area contributed by atoms with Gasteiger partial charge in [-0.3, -0.25) is 14.7 Å². The van der Waals surface area contributed by atoms with Gasteiger partial charge in [-0.25, -0.2) is 0 Å². The summed E-state index contributed by atoms with van der Waals surface area (Å²) in [6.07, 6.45) is 9.11. The number of carbonyl (C=O) groups excluding carboxylic acids is 1. The van der Waals surface area contributed by atoms with Gasteiger partial charge in [0.1, 0.15) is 0 Å². The molecule has 0 radical (unpaired) electrons. The smallest absolute Gasteiger partial charge is 0.253 e. The molecule has 0 bridgehead atoms. The molecule has 5 nitrogen and oxygen atoms in total. The molecule has 2 aromatic rings. The third-order valence-corrected chi connectivity index (χ3v) is 5.33. The van der Waals surface area contributed by atoms with Crippen LogP contribution in [0.3, 0.4) is 0 Å². The van der Waals surface area contributed by atoms with E-state index in [0.717, 1.165) is 24.2 Å². The zero-order valence-corrected chi connectivity index (χ0v) is 14.0. The lowest BCUT2D eigenvalue weighted by Gasteiger charge is -2.25. The van der Waals surface area contributed by atoms with Crippen LogP contribution in [0.1, 0.15) is 52.8 Å². The van der Waals surface area contributed by atoms with Crippen molar-refractivity contribution in [1.82, 2.24) is 20.2 Å². The number of amides is 1. The summed E-state index contributed by atoms with van der Waals surface area (Å²) in [5, 5.41) is 3.16. The second kappa shape index (κ2) is 6.40. The Labute approximate surface area is 142 Å². The van der Waals surface area contributed by atoms with Crippen LogP contribution < -0.4 is 5.32 Å². The summed E-state index contributed by atoms with van der Waals surface area (Å²) >= 11 is 0. The zero-order valence-electron chi connectivity index (χ0n) is 14.0. The molecule has 2 fully saturated rings.